The van der Waals surface area contributed by atoms with Gasteiger partial charge in [-0.1, -0.05) is 18.1 Å². The minimum Gasteiger partial charge on any atom is -0.352 e. The van der Waals surface area contributed by atoms with Crippen LogP contribution < -0.4 is 10.9 Å². The molecular weight excluding hydrogens is 405 g/mol. The van der Waals surface area contributed by atoms with Crippen molar-refractivity contribution in [2.45, 2.75) is 51.4 Å². The van der Waals surface area contributed by atoms with Crippen LogP contribution in [0.25, 0.3) is 10.9 Å². The maximum absolute atomic E-state index is 13.4. The van der Waals surface area contributed by atoms with E-state index in [0.717, 1.165) is 18.9 Å². The number of fused-ring (bicyclic) bond motifs is 1. The zero-order valence-corrected chi connectivity index (χ0v) is 17.3. The highest BCUT2D eigenvalue weighted by molar-refractivity contribution is 5.88. The molecule has 0 saturated heterocycles. The largest absolute Gasteiger partial charge is 0.416 e. The number of alkyl halides is 3. The third-order valence-electron chi connectivity index (χ3n) is 5.84. The van der Waals surface area contributed by atoms with Gasteiger partial charge in [0.1, 0.15) is 17.7 Å². The molecule has 1 fully saturated rings. The van der Waals surface area contributed by atoms with Crippen molar-refractivity contribution < 1.29 is 13.2 Å². The third kappa shape index (κ3) is 3.76. The van der Waals surface area contributed by atoms with Gasteiger partial charge in [-0.15, -0.1) is 6.42 Å². The average molecular weight is 426 g/mol. The topological polar surface area (TPSA) is 59.8 Å². The van der Waals surface area contributed by atoms with Gasteiger partial charge in [0.2, 0.25) is 0 Å². The maximum atomic E-state index is 13.4. The maximum Gasteiger partial charge on any atom is 0.416 e. The van der Waals surface area contributed by atoms with Crippen molar-refractivity contribution in [2.24, 2.45) is 0 Å². The molecule has 1 aromatic carbocycles. The lowest BCUT2D eigenvalue weighted by atomic mass is 9.96. The molecule has 1 saturated carbocycles. The van der Waals surface area contributed by atoms with Crippen LogP contribution in [-0.4, -0.2) is 14.5 Å². The molecule has 1 N–H and O–H groups in total. The summed E-state index contributed by atoms with van der Waals surface area (Å²) in [6.45, 7) is 5.08. The van der Waals surface area contributed by atoms with Crippen LogP contribution in [0.3, 0.4) is 0 Å². The molecule has 0 unspecified atom stereocenters. The SMILES string of the molecule is C#C[C@@H](Nc1nc(C)nc2cc(=O)n(C3(C)CC3)cc12)c1cccc(C(F)(F)F)c1C. The van der Waals surface area contributed by atoms with Gasteiger partial charge in [0.15, 0.2) is 0 Å². The number of terminal acetylenes is 1. The van der Waals surface area contributed by atoms with Gasteiger partial charge >= 0.3 is 6.18 Å². The minimum absolute atomic E-state index is 0.0583. The monoisotopic (exact) mass is 426 g/mol. The van der Waals surface area contributed by atoms with E-state index in [1.165, 1.54) is 19.1 Å². The number of hydrogen-bond donors (Lipinski definition) is 1. The van der Waals surface area contributed by atoms with Gasteiger partial charge < -0.3 is 9.88 Å². The molecule has 0 radical (unpaired) electrons. The number of anilines is 1. The molecule has 2 aromatic heterocycles. The lowest BCUT2D eigenvalue weighted by Crippen LogP contribution is -2.27. The van der Waals surface area contributed by atoms with Crippen LogP contribution in [0.5, 0.6) is 0 Å². The lowest BCUT2D eigenvalue weighted by molar-refractivity contribution is -0.138. The Morgan fingerprint density at radius 2 is 1.97 bits per heavy atom. The Morgan fingerprint density at radius 3 is 2.58 bits per heavy atom. The predicted molar refractivity (Wildman–Crippen MR) is 113 cm³/mol. The van der Waals surface area contributed by atoms with E-state index in [4.69, 9.17) is 6.42 Å². The van der Waals surface area contributed by atoms with Crippen LogP contribution in [0.15, 0.2) is 35.3 Å². The summed E-state index contributed by atoms with van der Waals surface area (Å²) in [5.74, 6) is 3.32. The molecule has 0 bridgehead atoms. The molecule has 4 rings (SSSR count). The van der Waals surface area contributed by atoms with E-state index in [0.29, 0.717) is 28.1 Å². The summed E-state index contributed by atoms with van der Waals surface area (Å²) in [4.78, 5) is 21.3. The molecule has 2 heterocycles. The molecule has 1 atom stereocenters. The van der Waals surface area contributed by atoms with E-state index in [1.54, 1.807) is 23.8 Å². The Morgan fingerprint density at radius 1 is 1.26 bits per heavy atom. The van der Waals surface area contributed by atoms with Crippen LogP contribution >= 0.6 is 0 Å². The number of benzene rings is 1. The first-order valence-corrected chi connectivity index (χ1v) is 9.84. The van der Waals surface area contributed by atoms with Crippen LogP contribution in [0.4, 0.5) is 19.0 Å². The number of pyridine rings is 1. The lowest BCUT2D eigenvalue weighted by Gasteiger charge is -2.21. The number of aryl methyl sites for hydroxylation is 1. The molecule has 31 heavy (non-hydrogen) atoms. The molecule has 160 valence electrons. The smallest absolute Gasteiger partial charge is 0.352 e. The summed E-state index contributed by atoms with van der Waals surface area (Å²) in [6, 6.07) is 4.55. The molecule has 0 aliphatic heterocycles. The van der Waals surface area contributed by atoms with Gasteiger partial charge in [-0.25, -0.2) is 9.97 Å². The molecule has 1 aliphatic carbocycles. The highest BCUT2D eigenvalue weighted by atomic mass is 19.4. The summed E-state index contributed by atoms with van der Waals surface area (Å²) in [5, 5.41) is 3.68. The Bertz CT molecular complexity index is 1280. The fraction of sp³-hybridized carbons (Fsp3) is 0.348. The first kappa shape index (κ1) is 20.9. The molecule has 0 spiro atoms. The van der Waals surface area contributed by atoms with Crippen molar-refractivity contribution in [3.8, 4) is 12.3 Å². The first-order valence-electron chi connectivity index (χ1n) is 9.84. The van der Waals surface area contributed by atoms with E-state index < -0.39 is 17.8 Å². The Labute approximate surface area is 177 Å². The molecular formula is C23H21F3N4O. The van der Waals surface area contributed by atoms with Crippen molar-refractivity contribution >= 4 is 16.7 Å². The van der Waals surface area contributed by atoms with Gasteiger partial charge in [0.25, 0.3) is 5.56 Å². The van der Waals surface area contributed by atoms with Crippen LogP contribution in [-0.2, 0) is 11.7 Å². The van der Waals surface area contributed by atoms with Crippen LogP contribution in [0, 0.1) is 26.2 Å². The summed E-state index contributed by atoms with van der Waals surface area (Å²) in [7, 11) is 0. The van der Waals surface area contributed by atoms with E-state index >= 15 is 0 Å². The van der Waals surface area contributed by atoms with Gasteiger partial charge in [0.05, 0.1) is 16.5 Å². The quantitative estimate of drug-likeness (QED) is 0.613. The Balaban J connectivity index is 1.82. The third-order valence-corrected chi connectivity index (χ3v) is 5.84. The normalized spacial score (nSPS) is 16.0. The van der Waals surface area contributed by atoms with Crippen molar-refractivity contribution in [3.63, 3.8) is 0 Å². The van der Waals surface area contributed by atoms with Crippen LogP contribution in [0.1, 0.15) is 48.3 Å². The van der Waals surface area contributed by atoms with Gasteiger partial charge in [-0.05, 0) is 50.8 Å². The van der Waals surface area contributed by atoms with Crippen molar-refractivity contribution in [2.75, 3.05) is 5.32 Å². The molecule has 3 aromatic rings. The van der Waals surface area contributed by atoms with E-state index in [9.17, 15) is 18.0 Å². The second kappa shape index (κ2) is 7.12. The van der Waals surface area contributed by atoms with E-state index in [-0.39, 0.29) is 16.7 Å². The molecule has 1 aliphatic rings. The average Bonchev–Trinajstić information content (AvgIpc) is 3.43. The molecule has 8 heteroatoms. The Kier molecular flexibility index (Phi) is 4.80. The van der Waals surface area contributed by atoms with Gasteiger partial charge in [-0.2, -0.15) is 13.2 Å². The van der Waals surface area contributed by atoms with E-state index in [2.05, 4.69) is 21.2 Å². The van der Waals surface area contributed by atoms with E-state index in [1.807, 2.05) is 6.92 Å². The highest BCUT2D eigenvalue weighted by Gasteiger charge is 2.40. The fourth-order valence-corrected chi connectivity index (χ4v) is 3.79. The minimum atomic E-state index is -4.48. The zero-order valence-electron chi connectivity index (χ0n) is 17.3. The number of aromatic nitrogens is 3. The number of hydrogen-bond acceptors (Lipinski definition) is 4. The Hall–Kier alpha value is -3.34. The highest BCUT2D eigenvalue weighted by Crippen LogP contribution is 2.42. The summed E-state index contributed by atoms with van der Waals surface area (Å²) in [5.41, 5.74) is -0.273. The standard InChI is InChI=1S/C23H21F3N4O/c1-5-18(15-7-6-8-17(13(15)2)23(24,25)26)29-21-16-12-30(22(4)9-10-22)20(31)11-19(16)27-14(3)28-21/h1,6-8,11-12,18H,9-10H2,2-4H3,(H,27,28,29)/t18-/m1/s1. The number of rotatable bonds is 4. The second-order valence-corrected chi connectivity index (χ2v) is 8.16. The van der Waals surface area contributed by atoms with Gasteiger partial charge in [-0.3, -0.25) is 4.79 Å². The summed E-state index contributed by atoms with van der Waals surface area (Å²) < 4.78 is 41.7. The number of nitrogens with zero attached hydrogens (tertiary/aromatic N) is 3. The second-order valence-electron chi connectivity index (χ2n) is 8.16. The van der Waals surface area contributed by atoms with Gasteiger partial charge in [0, 0.05) is 17.8 Å². The van der Waals surface area contributed by atoms with Crippen molar-refractivity contribution in [1.29, 1.82) is 0 Å². The number of nitrogens with one attached hydrogen (secondary N) is 1. The van der Waals surface area contributed by atoms with Crippen molar-refractivity contribution in [1.82, 2.24) is 14.5 Å². The summed E-state index contributed by atoms with van der Waals surface area (Å²) >= 11 is 0. The number of halogens is 3. The summed E-state index contributed by atoms with van der Waals surface area (Å²) in [6.07, 6.45) is 4.72. The van der Waals surface area contributed by atoms with Crippen molar-refractivity contribution in [3.05, 3.63) is 63.3 Å². The molecule has 5 nitrogen and oxygen atoms in total. The first-order chi connectivity index (χ1) is 14.5. The molecule has 0 amide bonds. The zero-order chi connectivity index (χ0) is 22.6. The predicted octanol–water partition coefficient (Wildman–Crippen LogP) is 4.72. The van der Waals surface area contributed by atoms with Crippen LogP contribution in [0.2, 0.25) is 0 Å². The fourth-order valence-electron chi connectivity index (χ4n) is 3.79.